The number of hydrogen-bond acceptors (Lipinski definition) is 6. The highest BCUT2D eigenvalue weighted by Gasteiger charge is 2.32. The number of carbonyl (C=O) groups is 3. The zero-order valence-corrected chi connectivity index (χ0v) is 18.4. The number of nitrogens with one attached hydrogen (secondary N) is 2. The van der Waals surface area contributed by atoms with Gasteiger partial charge in [-0.3, -0.25) is 19.5 Å². The predicted octanol–water partition coefficient (Wildman–Crippen LogP) is 1.84. The fraction of sp³-hybridized carbons (Fsp3) is 0.261. The van der Waals surface area contributed by atoms with Gasteiger partial charge in [0.05, 0.1) is 24.5 Å². The topological polar surface area (TPSA) is 118 Å². The van der Waals surface area contributed by atoms with Crippen LogP contribution in [-0.4, -0.2) is 58.2 Å². The largest absolute Gasteiger partial charge is 0.442 e. The lowest BCUT2D eigenvalue weighted by atomic mass is 10.2. The van der Waals surface area contributed by atoms with Gasteiger partial charge in [0.15, 0.2) is 0 Å². The van der Waals surface area contributed by atoms with Gasteiger partial charge in [-0.15, -0.1) is 0 Å². The minimum atomic E-state index is -0.616. The standard InChI is InChI=1S/C23H23FN6O4/c1-15(31)27-11-18-12-30(23(33)34-18)17-5-6-21(19(24)10-17)29-13-20(28-14-29)22(32)26-9-7-16-4-2-3-8-25-16/h2-6,8,10,13-14,18H,7,9,11-12H2,1H3,(H,26,32)(H,27,31). The van der Waals surface area contributed by atoms with Gasteiger partial charge in [-0.05, 0) is 30.3 Å². The van der Waals surface area contributed by atoms with Crippen molar-refractivity contribution in [3.8, 4) is 5.69 Å². The maximum absolute atomic E-state index is 14.9. The van der Waals surface area contributed by atoms with Crippen LogP contribution in [0.4, 0.5) is 14.9 Å². The summed E-state index contributed by atoms with van der Waals surface area (Å²) in [5.74, 6) is -1.21. The van der Waals surface area contributed by atoms with Gasteiger partial charge >= 0.3 is 6.09 Å². The van der Waals surface area contributed by atoms with E-state index in [1.807, 2.05) is 18.2 Å². The van der Waals surface area contributed by atoms with Gasteiger partial charge < -0.3 is 19.9 Å². The molecular formula is C23H23FN6O4. The Bertz CT molecular complexity index is 1200. The number of ether oxygens (including phenoxy) is 1. The van der Waals surface area contributed by atoms with Crippen molar-refractivity contribution in [3.63, 3.8) is 0 Å². The third-order valence-corrected chi connectivity index (χ3v) is 5.18. The van der Waals surface area contributed by atoms with E-state index in [9.17, 15) is 18.8 Å². The first-order chi connectivity index (χ1) is 16.4. The van der Waals surface area contributed by atoms with E-state index in [1.54, 1.807) is 12.3 Å². The number of anilines is 1. The van der Waals surface area contributed by atoms with Crippen LogP contribution in [0.25, 0.3) is 5.69 Å². The molecular weight excluding hydrogens is 443 g/mol. The second-order valence-electron chi connectivity index (χ2n) is 7.68. The van der Waals surface area contributed by atoms with Gasteiger partial charge in [-0.1, -0.05) is 6.07 Å². The van der Waals surface area contributed by atoms with E-state index >= 15 is 0 Å². The normalized spacial score (nSPS) is 15.2. The van der Waals surface area contributed by atoms with Gasteiger partial charge in [0, 0.05) is 38.0 Å². The first-order valence-corrected chi connectivity index (χ1v) is 10.7. The summed E-state index contributed by atoms with van der Waals surface area (Å²) in [7, 11) is 0. The minimum Gasteiger partial charge on any atom is -0.442 e. The SMILES string of the molecule is CC(=O)NCC1CN(c2ccc(-n3cnc(C(=O)NCCc4ccccn4)c3)c(F)c2)C(=O)O1. The van der Waals surface area contributed by atoms with E-state index in [1.165, 1.54) is 41.0 Å². The summed E-state index contributed by atoms with van der Waals surface area (Å²) in [6.45, 7) is 2.13. The van der Waals surface area contributed by atoms with Gasteiger partial charge in [-0.25, -0.2) is 14.2 Å². The molecule has 0 aliphatic carbocycles. The molecule has 4 rings (SSSR count). The quantitative estimate of drug-likeness (QED) is 0.523. The number of pyridine rings is 1. The zero-order chi connectivity index (χ0) is 24.1. The minimum absolute atomic E-state index is 0.147. The van der Waals surface area contributed by atoms with E-state index in [0.29, 0.717) is 18.7 Å². The molecule has 0 bridgehead atoms. The highest BCUT2D eigenvalue weighted by molar-refractivity contribution is 5.92. The second-order valence-corrected chi connectivity index (χ2v) is 7.68. The molecule has 1 atom stereocenters. The number of hydrogen-bond donors (Lipinski definition) is 2. The van der Waals surface area contributed by atoms with Crippen LogP contribution in [-0.2, 0) is 16.0 Å². The molecule has 1 saturated heterocycles. The smallest absolute Gasteiger partial charge is 0.414 e. The lowest BCUT2D eigenvalue weighted by Gasteiger charge is -2.14. The summed E-state index contributed by atoms with van der Waals surface area (Å²) in [5.41, 5.74) is 1.50. The van der Waals surface area contributed by atoms with E-state index in [2.05, 4.69) is 20.6 Å². The Morgan fingerprint density at radius 1 is 1.21 bits per heavy atom. The van der Waals surface area contributed by atoms with Crippen molar-refractivity contribution in [2.75, 3.05) is 24.5 Å². The fourth-order valence-electron chi connectivity index (χ4n) is 3.48. The Labute approximate surface area is 194 Å². The molecule has 0 radical (unpaired) electrons. The summed E-state index contributed by atoms with van der Waals surface area (Å²) in [6.07, 6.45) is 3.91. The molecule has 1 aliphatic rings. The summed E-state index contributed by atoms with van der Waals surface area (Å²) in [4.78, 5) is 45.1. The van der Waals surface area contributed by atoms with Crippen molar-refractivity contribution < 1.29 is 23.5 Å². The van der Waals surface area contributed by atoms with E-state index in [0.717, 1.165) is 5.69 Å². The average Bonchev–Trinajstić information content (AvgIpc) is 3.45. The van der Waals surface area contributed by atoms with Crippen LogP contribution in [0, 0.1) is 5.82 Å². The van der Waals surface area contributed by atoms with Crippen molar-refractivity contribution >= 4 is 23.6 Å². The third kappa shape index (κ3) is 5.37. The molecule has 34 heavy (non-hydrogen) atoms. The second kappa shape index (κ2) is 10.1. The summed E-state index contributed by atoms with van der Waals surface area (Å²) < 4.78 is 21.5. The van der Waals surface area contributed by atoms with Crippen molar-refractivity contribution in [1.29, 1.82) is 0 Å². The number of carbonyl (C=O) groups excluding carboxylic acids is 3. The van der Waals surface area contributed by atoms with Crippen LogP contribution < -0.4 is 15.5 Å². The van der Waals surface area contributed by atoms with Crippen LogP contribution in [0.15, 0.2) is 55.1 Å². The van der Waals surface area contributed by atoms with Gasteiger partial charge in [-0.2, -0.15) is 0 Å². The maximum Gasteiger partial charge on any atom is 0.414 e. The van der Waals surface area contributed by atoms with Crippen molar-refractivity contribution in [2.24, 2.45) is 0 Å². The summed E-state index contributed by atoms with van der Waals surface area (Å²) in [5, 5.41) is 5.36. The van der Waals surface area contributed by atoms with Crippen molar-refractivity contribution in [1.82, 2.24) is 25.2 Å². The van der Waals surface area contributed by atoms with E-state index in [4.69, 9.17) is 4.74 Å². The molecule has 0 saturated carbocycles. The van der Waals surface area contributed by atoms with Gasteiger partial charge in [0.2, 0.25) is 5.91 Å². The summed E-state index contributed by atoms with van der Waals surface area (Å²) in [6, 6.07) is 9.85. The molecule has 0 spiro atoms. The van der Waals surface area contributed by atoms with Crippen LogP contribution in [0.3, 0.4) is 0 Å². The Morgan fingerprint density at radius 2 is 2.06 bits per heavy atom. The lowest BCUT2D eigenvalue weighted by molar-refractivity contribution is -0.119. The maximum atomic E-state index is 14.9. The molecule has 2 N–H and O–H groups in total. The third-order valence-electron chi connectivity index (χ3n) is 5.18. The number of imidazole rings is 1. The molecule has 11 heteroatoms. The van der Waals surface area contributed by atoms with E-state index in [-0.39, 0.29) is 36.3 Å². The first-order valence-electron chi connectivity index (χ1n) is 10.7. The lowest BCUT2D eigenvalue weighted by Crippen LogP contribution is -2.33. The predicted molar refractivity (Wildman–Crippen MR) is 120 cm³/mol. The molecule has 1 aromatic carbocycles. The molecule has 3 aromatic rings. The van der Waals surface area contributed by atoms with Crippen molar-refractivity contribution in [3.05, 3.63) is 72.3 Å². The number of amides is 3. The molecule has 1 unspecified atom stereocenters. The highest BCUT2D eigenvalue weighted by Crippen LogP contribution is 2.25. The summed E-state index contributed by atoms with van der Waals surface area (Å²) >= 11 is 0. The number of benzene rings is 1. The molecule has 3 amide bonds. The molecule has 2 aromatic heterocycles. The van der Waals surface area contributed by atoms with E-state index < -0.39 is 18.0 Å². The van der Waals surface area contributed by atoms with Gasteiger partial charge in [0.25, 0.3) is 5.91 Å². The highest BCUT2D eigenvalue weighted by atomic mass is 19.1. The zero-order valence-electron chi connectivity index (χ0n) is 18.4. The molecule has 176 valence electrons. The number of nitrogens with zero attached hydrogens (tertiary/aromatic N) is 4. The first kappa shape index (κ1) is 22.9. The van der Waals surface area contributed by atoms with Crippen LogP contribution >= 0.6 is 0 Å². The number of rotatable bonds is 8. The molecule has 3 heterocycles. The Hall–Kier alpha value is -4.28. The molecule has 10 nitrogen and oxygen atoms in total. The van der Waals surface area contributed by atoms with Crippen LogP contribution in [0.1, 0.15) is 23.1 Å². The number of halogens is 1. The Balaban J connectivity index is 1.38. The van der Waals surface area contributed by atoms with Crippen molar-refractivity contribution in [2.45, 2.75) is 19.4 Å². The number of cyclic esters (lactones) is 1. The Kier molecular flexibility index (Phi) is 6.81. The number of aromatic nitrogens is 3. The van der Waals surface area contributed by atoms with Crippen LogP contribution in [0.5, 0.6) is 0 Å². The molecule has 1 fully saturated rings. The Morgan fingerprint density at radius 3 is 2.79 bits per heavy atom. The van der Waals surface area contributed by atoms with Crippen LogP contribution in [0.2, 0.25) is 0 Å². The van der Waals surface area contributed by atoms with Gasteiger partial charge in [0.1, 0.15) is 23.9 Å². The molecule has 1 aliphatic heterocycles. The average molecular weight is 466 g/mol. The monoisotopic (exact) mass is 466 g/mol. The fourth-order valence-corrected chi connectivity index (χ4v) is 3.48.